The minimum absolute atomic E-state index is 0.0664. The molecule has 134 valence electrons. The van der Waals surface area contributed by atoms with Crippen molar-refractivity contribution in [3.8, 4) is 11.1 Å². The van der Waals surface area contributed by atoms with Gasteiger partial charge in [-0.2, -0.15) is 0 Å². The van der Waals surface area contributed by atoms with E-state index >= 15 is 0 Å². The molecule has 27 heavy (non-hydrogen) atoms. The summed E-state index contributed by atoms with van der Waals surface area (Å²) in [5, 5.41) is 11.7. The Balaban J connectivity index is 1.64. The number of ketones is 1. The number of amidine groups is 1. The van der Waals surface area contributed by atoms with Gasteiger partial charge in [0.25, 0.3) is 0 Å². The summed E-state index contributed by atoms with van der Waals surface area (Å²) in [6, 6.07) is 22.9. The molecule has 0 aromatic heterocycles. The number of carbonyl (C=O) groups excluding carboxylic acids is 1. The van der Waals surface area contributed by atoms with Crippen LogP contribution in [-0.2, 0) is 0 Å². The Morgan fingerprint density at radius 1 is 0.889 bits per heavy atom. The van der Waals surface area contributed by atoms with Gasteiger partial charge in [-0.25, -0.2) is 0 Å². The highest BCUT2D eigenvalue weighted by Crippen LogP contribution is 2.21. The highest BCUT2D eigenvalue weighted by molar-refractivity contribution is 6.30. The van der Waals surface area contributed by atoms with E-state index in [1.54, 1.807) is 25.1 Å². The van der Waals surface area contributed by atoms with Crippen molar-refractivity contribution in [3.63, 3.8) is 0 Å². The summed E-state index contributed by atoms with van der Waals surface area (Å²) in [5.74, 6) is 0.359. The third kappa shape index (κ3) is 5.16. The summed E-state index contributed by atoms with van der Waals surface area (Å²) >= 11 is 5.86. The minimum atomic E-state index is 0.0664. The average Bonchev–Trinajstić information content (AvgIpc) is 2.69. The molecule has 0 radical (unpaired) electrons. The minimum Gasteiger partial charge on any atom is -0.341 e. The monoisotopic (exact) mass is 374 g/mol. The molecule has 0 heterocycles. The van der Waals surface area contributed by atoms with Crippen molar-refractivity contribution in [2.24, 2.45) is 0 Å². The normalized spacial score (nSPS) is 10.7. The lowest BCUT2D eigenvalue weighted by atomic mass is 10.0. The summed E-state index contributed by atoms with van der Waals surface area (Å²) in [6.45, 7) is 1.56. The van der Waals surface area contributed by atoms with Crippen LogP contribution < -0.4 is 5.32 Å². The van der Waals surface area contributed by atoms with Gasteiger partial charge in [0.05, 0.1) is 0 Å². The molecule has 0 saturated heterocycles. The maximum absolute atomic E-state index is 11.4. The highest BCUT2D eigenvalue weighted by atomic mass is 35.5. The number of hydrogen-bond acceptors (Lipinski definition) is 2. The van der Waals surface area contributed by atoms with Crippen molar-refractivity contribution in [2.75, 3.05) is 5.32 Å². The molecule has 3 nitrogen and oxygen atoms in total. The van der Waals surface area contributed by atoms with Gasteiger partial charge in [-0.3, -0.25) is 10.2 Å². The number of Topliss-reactive ketones (excluding diaryl/α,β-unsaturated/α-hetero) is 1. The fraction of sp³-hybridized carbons (Fsp3) is 0.0435. The first-order chi connectivity index (χ1) is 13.0. The summed E-state index contributed by atoms with van der Waals surface area (Å²) in [6.07, 6.45) is 3.60. The number of carbonyl (C=O) groups is 1. The van der Waals surface area contributed by atoms with Gasteiger partial charge in [-0.1, -0.05) is 66.2 Å². The van der Waals surface area contributed by atoms with Gasteiger partial charge in [0.1, 0.15) is 5.84 Å². The van der Waals surface area contributed by atoms with Crippen LogP contribution in [-0.4, -0.2) is 11.6 Å². The lowest BCUT2D eigenvalue weighted by Gasteiger charge is -2.05. The Hall–Kier alpha value is -3.17. The Kier molecular flexibility index (Phi) is 5.84. The van der Waals surface area contributed by atoms with E-state index in [0.717, 1.165) is 22.4 Å². The van der Waals surface area contributed by atoms with Gasteiger partial charge in [-0.05, 0) is 54.0 Å². The van der Waals surface area contributed by atoms with E-state index in [1.165, 1.54) is 0 Å². The van der Waals surface area contributed by atoms with Gasteiger partial charge < -0.3 is 5.32 Å². The Bertz CT molecular complexity index is 972. The zero-order valence-corrected chi connectivity index (χ0v) is 15.6. The summed E-state index contributed by atoms with van der Waals surface area (Å²) in [5.41, 5.74) is 4.68. The van der Waals surface area contributed by atoms with Crippen molar-refractivity contribution in [1.82, 2.24) is 0 Å². The van der Waals surface area contributed by atoms with E-state index in [2.05, 4.69) is 5.32 Å². The van der Waals surface area contributed by atoms with Crippen molar-refractivity contribution < 1.29 is 4.79 Å². The second kappa shape index (κ2) is 8.47. The molecule has 0 aliphatic carbocycles. The maximum atomic E-state index is 11.4. The van der Waals surface area contributed by atoms with Crippen LogP contribution in [0.4, 0.5) is 5.69 Å². The van der Waals surface area contributed by atoms with Crippen molar-refractivity contribution >= 4 is 35.0 Å². The standard InChI is InChI=1S/C23H19ClN2O/c1-16(27)18-7-9-20(10-8-18)19-5-2-17(3-6-19)4-15-23(25)26-22-13-11-21(24)12-14-22/h2-15H,1H3,(H2,25,26)/b15-4+. The number of benzene rings is 3. The first kappa shape index (κ1) is 18.6. The fourth-order valence-electron chi connectivity index (χ4n) is 2.59. The smallest absolute Gasteiger partial charge is 0.159 e. The summed E-state index contributed by atoms with van der Waals surface area (Å²) in [4.78, 5) is 11.4. The van der Waals surface area contributed by atoms with Gasteiger partial charge >= 0.3 is 0 Å². The molecule has 0 bridgehead atoms. The molecule has 3 aromatic rings. The molecule has 0 amide bonds. The topological polar surface area (TPSA) is 53.0 Å². The predicted molar refractivity (Wildman–Crippen MR) is 114 cm³/mol. The molecule has 0 saturated carbocycles. The Labute approximate surface area is 163 Å². The third-order valence-electron chi connectivity index (χ3n) is 4.10. The molecular weight excluding hydrogens is 356 g/mol. The average molecular weight is 375 g/mol. The van der Waals surface area contributed by atoms with Crippen LogP contribution in [0.5, 0.6) is 0 Å². The van der Waals surface area contributed by atoms with Gasteiger partial charge in [0, 0.05) is 16.3 Å². The molecule has 0 spiro atoms. The van der Waals surface area contributed by atoms with Gasteiger partial charge in [-0.15, -0.1) is 0 Å². The number of anilines is 1. The van der Waals surface area contributed by atoms with Crippen molar-refractivity contribution in [2.45, 2.75) is 6.92 Å². The molecule has 0 atom stereocenters. The zero-order chi connectivity index (χ0) is 19.2. The first-order valence-electron chi connectivity index (χ1n) is 8.52. The number of hydrogen-bond donors (Lipinski definition) is 2. The lowest BCUT2D eigenvalue weighted by Crippen LogP contribution is -2.06. The Morgan fingerprint density at radius 2 is 1.44 bits per heavy atom. The molecule has 2 N–H and O–H groups in total. The van der Waals surface area contributed by atoms with Crippen LogP contribution in [0.1, 0.15) is 22.8 Å². The van der Waals surface area contributed by atoms with Crippen LogP contribution in [0, 0.1) is 5.41 Å². The van der Waals surface area contributed by atoms with E-state index in [9.17, 15) is 4.79 Å². The van der Waals surface area contributed by atoms with Crippen LogP contribution >= 0.6 is 11.6 Å². The molecule has 0 fully saturated rings. The largest absolute Gasteiger partial charge is 0.341 e. The van der Waals surface area contributed by atoms with Crippen LogP contribution in [0.2, 0.25) is 5.02 Å². The second-order valence-corrected chi connectivity index (χ2v) is 6.57. The molecule has 3 rings (SSSR count). The van der Waals surface area contributed by atoms with Crippen LogP contribution in [0.3, 0.4) is 0 Å². The molecule has 3 aromatic carbocycles. The van der Waals surface area contributed by atoms with Gasteiger partial charge in [0.2, 0.25) is 0 Å². The number of halogens is 1. The molecule has 0 aliphatic rings. The Morgan fingerprint density at radius 3 is 2.00 bits per heavy atom. The zero-order valence-electron chi connectivity index (χ0n) is 14.9. The van der Waals surface area contributed by atoms with E-state index in [0.29, 0.717) is 16.4 Å². The lowest BCUT2D eigenvalue weighted by molar-refractivity contribution is 0.101. The quantitative estimate of drug-likeness (QED) is 0.312. The van der Waals surface area contributed by atoms with Crippen molar-refractivity contribution in [1.29, 1.82) is 5.41 Å². The number of rotatable bonds is 5. The van der Waals surface area contributed by atoms with E-state index < -0.39 is 0 Å². The third-order valence-corrected chi connectivity index (χ3v) is 4.35. The van der Waals surface area contributed by atoms with Crippen LogP contribution in [0.15, 0.2) is 78.9 Å². The van der Waals surface area contributed by atoms with Crippen LogP contribution in [0.25, 0.3) is 17.2 Å². The first-order valence-corrected chi connectivity index (χ1v) is 8.90. The number of nitrogens with one attached hydrogen (secondary N) is 2. The van der Waals surface area contributed by atoms with E-state index in [4.69, 9.17) is 17.0 Å². The maximum Gasteiger partial charge on any atom is 0.159 e. The molecular formula is C23H19ClN2O. The van der Waals surface area contributed by atoms with E-state index in [-0.39, 0.29) is 5.78 Å². The van der Waals surface area contributed by atoms with Gasteiger partial charge in [0.15, 0.2) is 5.78 Å². The SMILES string of the molecule is CC(=O)c1ccc(-c2ccc(/C=C/C(=N)Nc3ccc(Cl)cc3)cc2)cc1. The predicted octanol–water partition coefficient (Wildman–Crippen LogP) is 6.31. The fourth-order valence-corrected chi connectivity index (χ4v) is 2.72. The summed E-state index contributed by atoms with van der Waals surface area (Å²) in [7, 11) is 0. The molecule has 0 aliphatic heterocycles. The summed E-state index contributed by atoms with van der Waals surface area (Å²) < 4.78 is 0. The molecule has 0 unspecified atom stereocenters. The molecule has 4 heteroatoms. The second-order valence-electron chi connectivity index (χ2n) is 6.13. The van der Waals surface area contributed by atoms with Crippen molar-refractivity contribution in [3.05, 3.63) is 95.0 Å². The van der Waals surface area contributed by atoms with E-state index in [1.807, 2.05) is 66.7 Å². The highest BCUT2D eigenvalue weighted by Gasteiger charge is 2.01.